The number of nitrogens with one attached hydrogen (secondary N) is 7. The average Bonchev–Trinajstić information content (AvgIpc) is 3.41. The van der Waals surface area contributed by atoms with Gasteiger partial charge in [0.1, 0.15) is 24.4 Å². The Hall–Kier alpha value is -7.56. The lowest BCUT2D eigenvalue weighted by molar-refractivity contribution is -0.632. The second kappa shape index (κ2) is 28.5. The summed E-state index contributed by atoms with van der Waals surface area (Å²) < 4.78 is 38.3. The summed E-state index contributed by atoms with van der Waals surface area (Å²) in [6.45, 7) is 11.9. The lowest BCUT2D eigenvalue weighted by atomic mass is 9.88. The highest BCUT2D eigenvalue weighted by molar-refractivity contribution is 7.90. The van der Waals surface area contributed by atoms with Crippen molar-refractivity contribution in [3.63, 3.8) is 0 Å². The maximum Gasteiger partial charge on any atom is 0.317 e. The molecule has 0 radical (unpaired) electrons. The molecule has 4 amide bonds. The predicted molar refractivity (Wildman–Crippen MR) is 313 cm³/mol. The van der Waals surface area contributed by atoms with Crippen molar-refractivity contribution in [3.05, 3.63) is 88.5 Å². The van der Waals surface area contributed by atoms with Gasteiger partial charge in [-0.2, -0.15) is 4.57 Å². The van der Waals surface area contributed by atoms with E-state index in [1.807, 2.05) is 82.4 Å². The second-order valence-corrected chi connectivity index (χ2v) is 22.7. The molecule has 21 nitrogen and oxygen atoms in total. The van der Waals surface area contributed by atoms with Gasteiger partial charge in [-0.05, 0) is 170 Å². The van der Waals surface area contributed by atoms with Gasteiger partial charge in [-0.25, -0.2) is 13.1 Å². The number of carboxylic acid groups (broad SMARTS) is 1. The number of rotatable bonds is 29. The van der Waals surface area contributed by atoms with Crippen molar-refractivity contribution in [2.75, 3.05) is 63.8 Å². The van der Waals surface area contributed by atoms with Crippen LogP contribution in [0, 0.1) is 20.8 Å². The highest BCUT2D eigenvalue weighted by Crippen LogP contribution is 2.42. The Morgan fingerprint density at radius 3 is 2.20 bits per heavy atom. The van der Waals surface area contributed by atoms with Gasteiger partial charge in [0.2, 0.25) is 34.9 Å². The molecule has 432 valence electrons. The van der Waals surface area contributed by atoms with Crippen LogP contribution in [-0.4, -0.2) is 113 Å². The monoisotopic (exact) mass is 1120 g/mol. The van der Waals surface area contributed by atoms with Crippen molar-refractivity contribution < 1.29 is 46.8 Å². The van der Waals surface area contributed by atoms with E-state index < -0.39 is 33.8 Å². The molecule has 5 aromatic rings. The number of nitrogens with zero attached hydrogens (tertiary/aromatic N) is 2. The van der Waals surface area contributed by atoms with Crippen LogP contribution in [0.2, 0.25) is 0 Å². The third kappa shape index (κ3) is 17.0. The normalized spacial score (nSPS) is 13.5. The molecule has 0 saturated carbocycles. The minimum absolute atomic E-state index is 0.0504. The Balaban J connectivity index is 0.942. The van der Waals surface area contributed by atoms with Crippen molar-refractivity contribution >= 4 is 78.6 Å². The van der Waals surface area contributed by atoms with Gasteiger partial charge in [-0.15, -0.1) is 0 Å². The second-order valence-electron chi connectivity index (χ2n) is 21.1. The minimum atomic E-state index is -4.13. The maximum absolute atomic E-state index is 13.8. The molecule has 0 bridgehead atoms. The lowest BCUT2D eigenvalue weighted by Crippen LogP contribution is -2.47. The van der Waals surface area contributed by atoms with Crippen LogP contribution in [0.1, 0.15) is 111 Å². The molecule has 1 aliphatic rings. The van der Waals surface area contributed by atoms with Crippen LogP contribution < -0.4 is 63.1 Å². The summed E-state index contributed by atoms with van der Waals surface area (Å²) in [6.07, 6.45) is 5.19. The predicted octanol–water partition coefficient (Wildman–Crippen LogP) is 4.19. The zero-order valence-electron chi connectivity index (χ0n) is 47.0. The van der Waals surface area contributed by atoms with Gasteiger partial charge in [-0.1, -0.05) is 18.6 Å². The molecule has 80 heavy (non-hydrogen) atoms. The van der Waals surface area contributed by atoms with Crippen LogP contribution in [0.15, 0.2) is 70.6 Å². The van der Waals surface area contributed by atoms with E-state index in [1.165, 1.54) is 0 Å². The van der Waals surface area contributed by atoms with Gasteiger partial charge >= 0.3 is 5.97 Å². The van der Waals surface area contributed by atoms with Crippen LogP contribution in [-0.2, 0) is 42.7 Å². The molecule has 4 aromatic carbocycles. The van der Waals surface area contributed by atoms with Gasteiger partial charge in [0.25, 0.3) is 15.9 Å². The van der Waals surface area contributed by atoms with Gasteiger partial charge < -0.3 is 58.9 Å². The molecule has 22 heteroatoms. The number of unbranched alkanes of at least 4 members (excludes halogenated alkanes) is 2. The first-order valence-corrected chi connectivity index (χ1v) is 29.0. The SMILES string of the molecule is Cc1c(C)c(S(=O)(=O)NC(N)=NCCC[C@H](NC(=O)CCNC(=O)CCCCCNC(=O)c2cccc(-c3c4cc(N)ccc4c4ccc(N)cc4[n+]3C)c2)C(=O)NCCCNCCCNCC(=O)O)c(C)c2c1OC(C)(C)CC2. The zero-order valence-corrected chi connectivity index (χ0v) is 47.9. The van der Waals surface area contributed by atoms with Crippen LogP contribution in [0.4, 0.5) is 11.4 Å². The number of anilines is 2. The molecule has 0 fully saturated rings. The summed E-state index contributed by atoms with van der Waals surface area (Å²) >= 11 is 0. The Morgan fingerprint density at radius 2 is 1.45 bits per heavy atom. The fourth-order valence-electron chi connectivity index (χ4n) is 10.0. The molecule has 14 N–H and O–H groups in total. The number of aliphatic carboxylic acids is 1. The number of carboxylic acids is 1. The van der Waals surface area contributed by atoms with E-state index in [0.29, 0.717) is 98.6 Å². The lowest BCUT2D eigenvalue weighted by Gasteiger charge is -2.35. The number of pyridine rings is 1. The van der Waals surface area contributed by atoms with Crippen LogP contribution in [0.25, 0.3) is 32.9 Å². The Kier molecular flexibility index (Phi) is 22.0. The quantitative estimate of drug-likeness (QED) is 0.00799. The zero-order chi connectivity index (χ0) is 58.1. The van der Waals surface area contributed by atoms with Gasteiger partial charge in [0, 0.05) is 73.0 Å². The number of ether oxygens (including phenoxy) is 1. The van der Waals surface area contributed by atoms with Crippen molar-refractivity contribution in [1.29, 1.82) is 0 Å². The Bertz CT molecular complexity index is 3220. The van der Waals surface area contributed by atoms with E-state index >= 15 is 0 Å². The fraction of sp³-hybridized carbons (Fsp3) is 0.466. The summed E-state index contributed by atoms with van der Waals surface area (Å²) in [5, 5.41) is 29.3. The number of aryl methyl sites for hydroxylation is 1. The first-order chi connectivity index (χ1) is 38.1. The Morgan fingerprint density at radius 1 is 0.750 bits per heavy atom. The van der Waals surface area contributed by atoms with Crippen LogP contribution in [0.5, 0.6) is 5.75 Å². The molecule has 1 aromatic heterocycles. The number of benzene rings is 4. The van der Waals surface area contributed by atoms with Crippen molar-refractivity contribution in [2.24, 2.45) is 17.8 Å². The molecule has 1 atom stereocenters. The third-order valence-corrected chi connectivity index (χ3v) is 15.9. The summed E-state index contributed by atoms with van der Waals surface area (Å²) in [4.78, 5) is 67.8. The summed E-state index contributed by atoms with van der Waals surface area (Å²) in [7, 11) is -2.16. The third-order valence-electron chi connectivity index (χ3n) is 14.3. The number of nitrogens with two attached hydrogens (primary N) is 3. The number of guanidine groups is 1. The number of hydrogen-bond acceptors (Lipinski definition) is 13. The molecular weight excluding hydrogens is 1040 g/mol. The van der Waals surface area contributed by atoms with E-state index in [0.717, 1.165) is 56.9 Å². The molecule has 0 aliphatic carbocycles. The topological polar surface area (TPSA) is 327 Å². The number of aromatic nitrogens is 1. The van der Waals surface area contributed by atoms with Crippen LogP contribution in [0.3, 0.4) is 0 Å². The van der Waals surface area contributed by atoms with Crippen molar-refractivity contribution in [2.45, 2.75) is 122 Å². The van der Waals surface area contributed by atoms with Crippen molar-refractivity contribution in [1.82, 2.24) is 36.6 Å². The molecule has 6 rings (SSSR count). The summed E-state index contributed by atoms with van der Waals surface area (Å²) in [6, 6.07) is 18.1. The average molecular weight is 1120 g/mol. The minimum Gasteiger partial charge on any atom is -0.487 e. The Labute approximate surface area is 469 Å². The highest BCUT2D eigenvalue weighted by Gasteiger charge is 2.34. The number of carbonyl (C=O) groups excluding carboxylic acids is 4. The smallest absolute Gasteiger partial charge is 0.317 e. The first kappa shape index (κ1) is 61.6. The number of fused-ring (bicyclic) bond motifs is 4. The number of aliphatic imine (C=N–C) groups is 1. The van der Waals surface area contributed by atoms with E-state index in [-0.39, 0.29) is 73.6 Å². The maximum atomic E-state index is 13.8. The summed E-state index contributed by atoms with van der Waals surface area (Å²) in [5.41, 5.74) is 25.4. The largest absolute Gasteiger partial charge is 0.487 e. The van der Waals surface area contributed by atoms with E-state index in [1.54, 1.807) is 19.9 Å². The number of amides is 4. The van der Waals surface area contributed by atoms with Gasteiger partial charge in [0.15, 0.2) is 0 Å². The number of sulfonamides is 1. The summed E-state index contributed by atoms with van der Waals surface area (Å²) in [5.74, 6) is -1.82. The molecular formula is C58H81N12O9S+. The highest BCUT2D eigenvalue weighted by atomic mass is 32.2. The molecule has 0 unspecified atom stereocenters. The molecule has 0 saturated heterocycles. The first-order valence-electron chi connectivity index (χ1n) is 27.5. The standard InChI is InChI=1S/C58H80N12O9S/c1-36-37(2)54(38(3)43-22-24-58(4,5)79-53(36)43)80(77,78)69-57(61)67-29-11-16-47(56(76)66-30-13-26-62-25-12-27-63-35-51(73)74)68-50(72)23-31-64-49(71)17-8-7-9-28-65-55(75)40-15-10-14-39(32-40)52-46-33-41(59)18-20-44(46)45-21-19-42(60)34-48(45)70(52)6/h10,14-15,18-21,32-34,47,60,62-63H,7-9,11-13,16-17,22-31,35,59H2,1-6H3,(H8,61,64,65,66,67,68,69,71,72,73,74,75,76)/p+1/t47-/m0/s1. The number of nitrogen functional groups attached to an aromatic ring is 2. The molecule has 2 heterocycles. The fourth-order valence-corrected chi connectivity index (χ4v) is 11.5. The van der Waals surface area contributed by atoms with E-state index in [4.69, 9.17) is 27.0 Å². The molecule has 0 spiro atoms. The van der Waals surface area contributed by atoms with E-state index in [2.05, 4.69) is 46.2 Å². The molecule has 1 aliphatic heterocycles. The van der Waals surface area contributed by atoms with Gasteiger partial charge in [0.05, 0.1) is 22.2 Å². The number of carbonyl (C=O) groups is 5. The number of hydrogen-bond donors (Lipinski definition) is 11. The van der Waals surface area contributed by atoms with Crippen molar-refractivity contribution in [3.8, 4) is 17.0 Å². The van der Waals surface area contributed by atoms with Crippen LogP contribution >= 0.6 is 0 Å². The van der Waals surface area contributed by atoms with E-state index in [9.17, 15) is 32.4 Å². The van der Waals surface area contributed by atoms with Gasteiger partial charge in [-0.3, -0.25) is 29.0 Å².